The molecule has 0 aliphatic rings. The zero-order valence-corrected chi connectivity index (χ0v) is 9.49. The van der Waals surface area contributed by atoms with Crippen LogP contribution in [-0.4, -0.2) is 4.98 Å². The minimum Gasteiger partial charge on any atom is -0.264 e. The second-order valence-corrected chi connectivity index (χ2v) is 3.90. The summed E-state index contributed by atoms with van der Waals surface area (Å²) < 4.78 is 0. The summed E-state index contributed by atoms with van der Waals surface area (Å²) in [7, 11) is 0. The molecule has 0 amide bonds. The molecule has 1 aromatic carbocycles. The van der Waals surface area contributed by atoms with Gasteiger partial charge in [-0.25, -0.2) is 0 Å². The molecule has 78 valence electrons. The van der Waals surface area contributed by atoms with Crippen molar-refractivity contribution in [3.8, 4) is 17.2 Å². The van der Waals surface area contributed by atoms with E-state index in [4.69, 9.17) is 16.9 Å². The molecule has 0 aliphatic heterocycles. The van der Waals surface area contributed by atoms with E-state index in [0.29, 0.717) is 10.6 Å². The molecule has 2 nitrogen and oxygen atoms in total. The van der Waals surface area contributed by atoms with Crippen molar-refractivity contribution in [2.45, 2.75) is 6.92 Å². The molecule has 0 unspecified atom stereocenters. The lowest BCUT2D eigenvalue weighted by Gasteiger charge is -2.07. The average Bonchev–Trinajstić information content (AvgIpc) is 2.30. The van der Waals surface area contributed by atoms with Gasteiger partial charge in [0.05, 0.1) is 11.6 Å². The van der Waals surface area contributed by atoms with Crippen molar-refractivity contribution in [2.24, 2.45) is 0 Å². The van der Waals surface area contributed by atoms with Crippen LogP contribution in [0.15, 0.2) is 36.7 Å². The van der Waals surface area contributed by atoms with Crippen LogP contribution in [0.2, 0.25) is 5.02 Å². The van der Waals surface area contributed by atoms with Crippen molar-refractivity contribution in [3.05, 3.63) is 52.8 Å². The van der Waals surface area contributed by atoms with E-state index in [9.17, 15) is 0 Å². The molecule has 1 heterocycles. The first-order chi connectivity index (χ1) is 7.72. The van der Waals surface area contributed by atoms with Crippen LogP contribution in [0.5, 0.6) is 0 Å². The molecule has 0 saturated heterocycles. The lowest BCUT2D eigenvalue weighted by atomic mass is 10.0. The van der Waals surface area contributed by atoms with Crippen LogP contribution < -0.4 is 0 Å². The van der Waals surface area contributed by atoms with E-state index in [1.165, 1.54) is 0 Å². The van der Waals surface area contributed by atoms with Gasteiger partial charge < -0.3 is 0 Å². The maximum atomic E-state index is 8.76. The van der Waals surface area contributed by atoms with Crippen LogP contribution in [0.3, 0.4) is 0 Å². The lowest BCUT2D eigenvalue weighted by Crippen LogP contribution is -1.86. The first-order valence-electron chi connectivity index (χ1n) is 4.83. The van der Waals surface area contributed by atoms with Gasteiger partial charge in [-0.2, -0.15) is 5.26 Å². The summed E-state index contributed by atoms with van der Waals surface area (Å²) in [6.45, 7) is 2.01. The SMILES string of the molecule is Cc1ccncc1-c1ccc(C#N)cc1Cl. The Morgan fingerprint density at radius 2 is 2.06 bits per heavy atom. The van der Waals surface area contributed by atoms with Crippen molar-refractivity contribution < 1.29 is 0 Å². The molecule has 0 N–H and O–H groups in total. The zero-order chi connectivity index (χ0) is 11.5. The van der Waals surface area contributed by atoms with Crippen molar-refractivity contribution >= 4 is 11.6 Å². The minimum atomic E-state index is 0.565. The van der Waals surface area contributed by atoms with Gasteiger partial charge >= 0.3 is 0 Å². The monoisotopic (exact) mass is 228 g/mol. The maximum absolute atomic E-state index is 8.76. The van der Waals surface area contributed by atoms with Crippen molar-refractivity contribution in [2.75, 3.05) is 0 Å². The number of hydrogen-bond acceptors (Lipinski definition) is 2. The molecular formula is C13H9ClN2. The summed E-state index contributed by atoms with van der Waals surface area (Å²) in [6, 6.07) is 9.28. The van der Waals surface area contributed by atoms with Crippen LogP contribution >= 0.6 is 11.6 Å². The van der Waals surface area contributed by atoms with Gasteiger partial charge in [-0.1, -0.05) is 17.7 Å². The predicted molar refractivity (Wildman–Crippen MR) is 64.1 cm³/mol. The number of benzene rings is 1. The van der Waals surface area contributed by atoms with Crippen molar-refractivity contribution in [1.29, 1.82) is 5.26 Å². The third kappa shape index (κ3) is 1.91. The largest absolute Gasteiger partial charge is 0.264 e. The standard InChI is InChI=1S/C13H9ClN2/c1-9-4-5-16-8-12(9)11-3-2-10(7-15)6-13(11)14/h2-6,8H,1H3. The minimum absolute atomic E-state index is 0.565. The summed E-state index contributed by atoms with van der Waals surface area (Å²) >= 11 is 6.14. The number of nitriles is 1. The van der Waals surface area contributed by atoms with Gasteiger partial charge in [0.2, 0.25) is 0 Å². The summed E-state index contributed by atoms with van der Waals surface area (Å²) in [5.41, 5.74) is 3.58. The Morgan fingerprint density at radius 3 is 2.69 bits per heavy atom. The number of rotatable bonds is 1. The maximum Gasteiger partial charge on any atom is 0.0992 e. The molecule has 3 heteroatoms. The fourth-order valence-electron chi connectivity index (χ4n) is 1.55. The number of halogens is 1. The Kier molecular flexibility index (Phi) is 2.89. The Morgan fingerprint density at radius 1 is 1.25 bits per heavy atom. The van der Waals surface area contributed by atoms with Crippen LogP contribution in [0.4, 0.5) is 0 Å². The second-order valence-electron chi connectivity index (χ2n) is 3.50. The normalized spacial score (nSPS) is 9.81. The molecule has 0 spiro atoms. The molecular weight excluding hydrogens is 220 g/mol. The van der Waals surface area contributed by atoms with Crippen molar-refractivity contribution in [3.63, 3.8) is 0 Å². The second kappa shape index (κ2) is 4.34. The highest BCUT2D eigenvalue weighted by molar-refractivity contribution is 6.33. The third-order valence-electron chi connectivity index (χ3n) is 2.43. The molecule has 0 bridgehead atoms. The highest BCUT2D eigenvalue weighted by atomic mass is 35.5. The average molecular weight is 229 g/mol. The number of aryl methyl sites for hydroxylation is 1. The quantitative estimate of drug-likeness (QED) is 0.748. The van der Waals surface area contributed by atoms with E-state index in [0.717, 1.165) is 16.7 Å². The summed E-state index contributed by atoms with van der Waals surface area (Å²) in [4.78, 5) is 4.08. The topological polar surface area (TPSA) is 36.7 Å². The molecule has 2 aromatic rings. The Balaban J connectivity index is 2.58. The van der Waals surface area contributed by atoms with E-state index in [1.54, 1.807) is 24.5 Å². The number of pyridine rings is 1. The van der Waals surface area contributed by atoms with Gasteiger partial charge in [0.25, 0.3) is 0 Å². The van der Waals surface area contributed by atoms with Crippen LogP contribution in [0.1, 0.15) is 11.1 Å². The smallest absolute Gasteiger partial charge is 0.0992 e. The van der Waals surface area contributed by atoms with Crippen LogP contribution in [0, 0.1) is 18.3 Å². The van der Waals surface area contributed by atoms with Gasteiger partial charge in [0, 0.05) is 28.5 Å². The Bertz CT molecular complexity index is 570. The summed E-state index contributed by atoms with van der Waals surface area (Å²) in [5.74, 6) is 0. The van der Waals surface area contributed by atoms with E-state index in [2.05, 4.69) is 11.1 Å². The van der Waals surface area contributed by atoms with Gasteiger partial charge in [-0.15, -0.1) is 0 Å². The Hall–Kier alpha value is -1.85. The van der Waals surface area contributed by atoms with E-state index >= 15 is 0 Å². The number of nitrogens with zero attached hydrogens (tertiary/aromatic N) is 2. The first kappa shape index (κ1) is 10.7. The zero-order valence-electron chi connectivity index (χ0n) is 8.74. The number of aromatic nitrogens is 1. The molecule has 0 saturated carbocycles. The van der Waals surface area contributed by atoms with E-state index in [1.807, 2.05) is 19.1 Å². The number of hydrogen-bond donors (Lipinski definition) is 0. The highest BCUT2D eigenvalue weighted by Gasteiger charge is 2.06. The molecule has 16 heavy (non-hydrogen) atoms. The van der Waals surface area contributed by atoms with Gasteiger partial charge in [-0.3, -0.25) is 4.98 Å². The fourth-order valence-corrected chi connectivity index (χ4v) is 1.83. The van der Waals surface area contributed by atoms with Crippen LogP contribution in [0.25, 0.3) is 11.1 Å². The van der Waals surface area contributed by atoms with Gasteiger partial charge in [0.1, 0.15) is 0 Å². The summed E-state index contributed by atoms with van der Waals surface area (Å²) in [5, 5.41) is 9.34. The van der Waals surface area contributed by atoms with Gasteiger partial charge in [-0.05, 0) is 30.7 Å². The molecule has 0 fully saturated rings. The highest BCUT2D eigenvalue weighted by Crippen LogP contribution is 2.30. The van der Waals surface area contributed by atoms with E-state index < -0.39 is 0 Å². The summed E-state index contributed by atoms with van der Waals surface area (Å²) in [6.07, 6.45) is 3.53. The lowest BCUT2D eigenvalue weighted by molar-refractivity contribution is 1.29. The first-order valence-corrected chi connectivity index (χ1v) is 5.21. The fraction of sp³-hybridized carbons (Fsp3) is 0.0769. The van der Waals surface area contributed by atoms with Gasteiger partial charge in [0.15, 0.2) is 0 Å². The molecule has 0 aliphatic carbocycles. The molecule has 0 radical (unpaired) electrons. The molecule has 2 rings (SSSR count). The molecule has 1 aromatic heterocycles. The van der Waals surface area contributed by atoms with Crippen LogP contribution in [-0.2, 0) is 0 Å². The third-order valence-corrected chi connectivity index (χ3v) is 2.74. The Labute approximate surface area is 99.1 Å². The molecule has 0 atom stereocenters. The van der Waals surface area contributed by atoms with E-state index in [-0.39, 0.29) is 0 Å². The predicted octanol–water partition coefficient (Wildman–Crippen LogP) is 3.58. The van der Waals surface area contributed by atoms with Crippen molar-refractivity contribution in [1.82, 2.24) is 4.98 Å².